The summed E-state index contributed by atoms with van der Waals surface area (Å²) in [5, 5.41) is 16.5. The van der Waals surface area contributed by atoms with Gasteiger partial charge in [0, 0.05) is 32.8 Å². The first-order valence-corrected chi connectivity index (χ1v) is 10.9. The van der Waals surface area contributed by atoms with Gasteiger partial charge in [-0.25, -0.2) is 4.79 Å². The number of hydrogen-bond donors (Lipinski definition) is 2. The van der Waals surface area contributed by atoms with Gasteiger partial charge in [0.05, 0.1) is 0 Å². The molecule has 31 heavy (non-hydrogen) atoms. The van der Waals surface area contributed by atoms with Gasteiger partial charge in [-0.3, -0.25) is 14.4 Å². The molecule has 0 aromatic carbocycles. The fourth-order valence-corrected chi connectivity index (χ4v) is 4.39. The van der Waals surface area contributed by atoms with E-state index in [-0.39, 0.29) is 17.9 Å². The third kappa shape index (κ3) is 6.40. The maximum Gasteiger partial charge on any atom is 0.341 e. The summed E-state index contributed by atoms with van der Waals surface area (Å²) in [5.74, 6) is -0.816. The van der Waals surface area contributed by atoms with E-state index in [2.05, 4.69) is 11.8 Å². The lowest BCUT2D eigenvalue weighted by Crippen LogP contribution is -2.40. The van der Waals surface area contributed by atoms with Crippen LogP contribution in [0, 0.1) is 5.92 Å². The number of carbonyl (C=O) groups is 3. The van der Waals surface area contributed by atoms with Gasteiger partial charge in [-0.1, -0.05) is 13.3 Å². The molecule has 1 fully saturated rings. The van der Waals surface area contributed by atoms with Crippen molar-refractivity contribution in [2.24, 2.45) is 5.92 Å². The van der Waals surface area contributed by atoms with Crippen molar-refractivity contribution in [2.75, 3.05) is 26.2 Å². The maximum atomic E-state index is 12.9. The van der Waals surface area contributed by atoms with Gasteiger partial charge in [-0.05, 0) is 62.4 Å². The van der Waals surface area contributed by atoms with E-state index in [1.807, 2.05) is 0 Å². The number of carbonyl (C=O) groups excluding carboxylic acids is 1. The third-order valence-corrected chi connectivity index (χ3v) is 6.12. The van der Waals surface area contributed by atoms with Gasteiger partial charge >= 0.3 is 5.97 Å². The molecule has 9 nitrogen and oxygen atoms in total. The highest BCUT2D eigenvalue weighted by Crippen LogP contribution is 2.23. The smallest absolute Gasteiger partial charge is 0.341 e. The Kier molecular flexibility index (Phi) is 9.23. The number of hydrogen-bond acceptors (Lipinski definition) is 5. The molecule has 1 aromatic rings. The lowest BCUT2D eigenvalue weighted by atomic mass is 9.94. The molecule has 0 bridgehead atoms. The first-order chi connectivity index (χ1) is 14.8. The molecule has 3 heterocycles. The predicted octanol–water partition coefficient (Wildman–Crippen LogP) is 1.66. The average Bonchev–Trinajstić information content (AvgIpc) is 2.73. The molecule has 2 aliphatic heterocycles. The van der Waals surface area contributed by atoms with Crippen LogP contribution >= 0.6 is 0 Å². The molecular formula is C22H33N3O6. The molecule has 2 aliphatic rings. The number of carboxylic acids is 1. The quantitative estimate of drug-likeness (QED) is 0.652. The van der Waals surface area contributed by atoms with Gasteiger partial charge in [0.15, 0.2) is 0 Å². The fourth-order valence-electron chi connectivity index (χ4n) is 4.39. The van der Waals surface area contributed by atoms with Crippen LogP contribution in [-0.4, -0.2) is 69.1 Å². The molecule has 0 spiro atoms. The van der Waals surface area contributed by atoms with E-state index in [0.717, 1.165) is 38.0 Å². The Bertz CT molecular complexity index is 842. The van der Waals surface area contributed by atoms with Crippen molar-refractivity contribution in [3.63, 3.8) is 0 Å². The molecule has 172 valence electrons. The average molecular weight is 436 g/mol. The molecule has 0 saturated carbocycles. The standard InChI is InChI=1S/C21H31N3O4.CH2O2/c1-3-4-8-22-9-5-16(6-10-22)12-24-14-17-13-23(15(2)25)11-7-18(17)19(20(24)26)21(27)28;2-1-3/h14,16H,3-13H2,1-2H3,(H,27,28);1H,(H,2,3). The van der Waals surface area contributed by atoms with Crippen molar-refractivity contribution in [3.8, 4) is 0 Å². The van der Waals surface area contributed by atoms with Gasteiger partial charge in [0.1, 0.15) is 5.56 Å². The summed E-state index contributed by atoms with van der Waals surface area (Å²) in [5.41, 5.74) is 0.872. The molecule has 0 unspecified atom stereocenters. The summed E-state index contributed by atoms with van der Waals surface area (Å²) in [6.07, 6.45) is 6.67. The number of carboxylic acid groups (broad SMARTS) is 2. The summed E-state index contributed by atoms with van der Waals surface area (Å²) in [6, 6.07) is 0. The van der Waals surface area contributed by atoms with Crippen LogP contribution in [0.25, 0.3) is 0 Å². The number of fused-ring (bicyclic) bond motifs is 1. The van der Waals surface area contributed by atoms with E-state index in [9.17, 15) is 19.5 Å². The summed E-state index contributed by atoms with van der Waals surface area (Å²) < 4.78 is 1.58. The number of rotatable bonds is 6. The zero-order valence-corrected chi connectivity index (χ0v) is 18.4. The van der Waals surface area contributed by atoms with Crippen LogP contribution < -0.4 is 5.56 Å². The number of piperidine rings is 1. The highest BCUT2D eigenvalue weighted by atomic mass is 16.4. The summed E-state index contributed by atoms with van der Waals surface area (Å²) in [6.45, 7) is 8.06. The SMILES string of the molecule is CCCCN1CCC(Cn2cc3c(c(C(=O)O)c2=O)CCN(C(C)=O)C3)CC1.O=CO. The maximum absolute atomic E-state index is 12.9. The van der Waals surface area contributed by atoms with E-state index >= 15 is 0 Å². The van der Waals surface area contributed by atoms with Crippen LogP contribution in [-0.2, 0) is 29.1 Å². The summed E-state index contributed by atoms with van der Waals surface area (Å²) in [7, 11) is 0. The summed E-state index contributed by atoms with van der Waals surface area (Å²) >= 11 is 0. The van der Waals surface area contributed by atoms with E-state index in [1.54, 1.807) is 15.7 Å². The Balaban J connectivity index is 0.00000107. The normalized spacial score (nSPS) is 16.8. The monoisotopic (exact) mass is 435 g/mol. The van der Waals surface area contributed by atoms with Gasteiger partial charge in [0.25, 0.3) is 12.0 Å². The molecule has 0 atom stereocenters. The lowest BCUT2D eigenvalue weighted by Gasteiger charge is -2.33. The fraction of sp³-hybridized carbons (Fsp3) is 0.636. The number of likely N-dealkylation sites (tertiary alicyclic amines) is 1. The molecule has 9 heteroatoms. The lowest BCUT2D eigenvalue weighted by molar-refractivity contribution is -0.129. The Morgan fingerprint density at radius 3 is 2.42 bits per heavy atom. The van der Waals surface area contributed by atoms with Crippen LogP contribution in [0.4, 0.5) is 0 Å². The largest absolute Gasteiger partial charge is 0.483 e. The second-order valence-corrected chi connectivity index (χ2v) is 8.21. The van der Waals surface area contributed by atoms with Gasteiger partial charge in [0.2, 0.25) is 5.91 Å². The second-order valence-electron chi connectivity index (χ2n) is 8.21. The molecule has 1 saturated heterocycles. The van der Waals surface area contributed by atoms with Crippen molar-refractivity contribution in [1.82, 2.24) is 14.4 Å². The van der Waals surface area contributed by atoms with Gasteiger partial charge in [-0.15, -0.1) is 0 Å². The van der Waals surface area contributed by atoms with Crippen molar-refractivity contribution < 1.29 is 24.6 Å². The minimum atomic E-state index is -1.17. The van der Waals surface area contributed by atoms with Crippen molar-refractivity contribution in [1.29, 1.82) is 0 Å². The van der Waals surface area contributed by atoms with Crippen molar-refractivity contribution >= 4 is 18.3 Å². The molecule has 1 amide bonds. The molecule has 3 rings (SSSR count). The van der Waals surface area contributed by atoms with Gasteiger partial charge < -0.3 is 24.6 Å². The Hall–Kier alpha value is -2.68. The number of aromatic carboxylic acids is 1. The van der Waals surface area contributed by atoms with E-state index in [0.29, 0.717) is 37.5 Å². The van der Waals surface area contributed by atoms with Crippen molar-refractivity contribution in [3.05, 3.63) is 33.2 Å². The second kappa shape index (κ2) is 11.6. The summed E-state index contributed by atoms with van der Waals surface area (Å²) in [4.78, 5) is 48.9. The molecule has 1 aromatic heterocycles. The minimum absolute atomic E-state index is 0.0280. The Labute approximate surface area is 182 Å². The Morgan fingerprint density at radius 2 is 1.87 bits per heavy atom. The topological polar surface area (TPSA) is 120 Å². The highest BCUT2D eigenvalue weighted by Gasteiger charge is 2.28. The Morgan fingerprint density at radius 1 is 1.23 bits per heavy atom. The molecular weight excluding hydrogens is 402 g/mol. The third-order valence-electron chi connectivity index (χ3n) is 6.12. The zero-order valence-electron chi connectivity index (χ0n) is 18.4. The number of unbranched alkanes of at least 4 members (excludes halogenated alkanes) is 1. The first-order valence-electron chi connectivity index (χ1n) is 10.9. The van der Waals surface area contributed by atoms with E-state index in [4.69, 9.17) is 9.90 Å². The van der Waals surface area contributed by atoms with Crippen molar-refractivity contribution in [2.45, 2.75) is 59.0 Å². The van der Waals surface area contributed by atoms with Crippen LogP contribution in [0.3, 0.4) is 0 Å². The number of pyridine rings is 1. The molecule has 2 N–H and O–H groups in total. The molecule has 0 aliphatic carbocycles. The van der Waals surface area contributed by atoms with Crippen LogP contribution in [0.2, 0.25) is 0 Å². The highest BCUT2D eigenvalue weighted by molar-refractivity contribution is 5.89. The van der Waals surface area contributed by atoms with E-state index < -0.39 is 11.5 Å². The number of amides is 1. The van der Waals surface area contributed by atoms with Gasteiger partial charge in [-0.2, -0.15) is 0 Å². The number of aromatic nitrogens is 1. The van der Waals surface area contributed by atoms with Crippen LogP contribution in [0.1, 0.15) is 61.0 Å². The van der Waals surface area contributed by atoms with E-state index in [1.165, 1.54) is 19.8 Å². The first kappa shape index (κ1) is 24.6. The predicted molar refractivity (Wildman–Crippen MR) is 115 cm³/mol. The number of nitrogens with zero attached hydrogens (tertiary/aromatic N) is 3. The minimum Gasteiger partial charge on any atom is -0.483 e. The van der Waals surface area contributed by atoms with Crippen LogP contribution in [0.15, 0.2) is 11.0 Å². The molecule has 0 radical (unpaired) electrons. The zero-order chi connectivity index (χ0) is 23.0. The van der Waals surface area contributed by atoms with Crippen LogP contribution in [0.5, 0.6) is 0 Å².